The van der Waals surface area contributed by atoms with Gasteiger partial charge in [-0.1, -0.05) is 37.1 Å². The van der Waals surface area contributed by atoms with Crippen LogP contribution in [-0.2, 0) is 10.2 Å². The van der Waals surface area contributed by atoms with Crippen LogP contribution in [0.3, 0.4) is 0 Å². The second-order valence-electron chi connectivity index (χ2n) is 8.31. The van der Waals surface area contributed by atoms with Gasteiger partial charge in [-0.05, 0) is 42.8 Å². The number of hydrogen-bond acceptors (Lipinski definition) is 5. The van der Waals surface area contributed by atoms with Crippen LogP contribution in [0.15, 0.2) is 54.1 Å². The Morgan fingerprint density at radius 2 is 1.85 bits per heavy atom. The van der Waals surface area contributed by atoms with Gasteiger partial charge in [-0.3, -0.25) is 9.59 Å². The van der Waals surface area contributed by atoms with E-state index in [1.54, 1.807) is 55.6 Å². The van der Waals surface area contributed by atoms with Gasteiger partial charge in [0.15, 0.2) is 11.2 Å². The lowest BCUT2D eigenvalue weighted by Crippen LogP contribution is -2.53. The topological polar surface area (TPSA) is 94.2 Å². The van der Waals surface area contributed by atoms with E-state index in [0.717, 1.165) is 0 Å². The van der Waals surface area contributed by atoms with Crippen molar-refractivity contribution in [3.63, 3.8) is 0 Å². The third kappa shape index (κ3) is 2.78. The summed E-state index contributed by atoms with van der Waals surface area (Å²) in [7, 11) is 3.11. The van der Waals surface area contributed by atoms with Crippen molar-refractivity contribution >= 4 is 29.0 Å². The Kier molecular flexibility index (Phi) is 5.52. The van der Waals surface area contributed by atoms with E-state index in [0.29, 0.717) is 35.4 Å². The molecule has 0 fully saturated rings. The van der Waals surface area contributed by atoms with Gasteiger partial charge in [0, 0.05) is 40.4 Å². The van der Waals surface area contributed by atoms with Gasteiger partial charge in [0.2, 0.25) is 5.91 Å². The number of likely N-dealkylation sites (N-methyl/N-ethyl adjacent to an activating group) is 1. The van der Waals surface area contributed by atoms with Gasteiger partial charge < -0.3 is 9.64 Å². The number of anilines is 1. The summed E-state index contributed by atoms with van der Waals surface area (Å²) in [6, 6.07) is 15.9. The maximum Gasteiger partial charge on any atom is 0.244 e. The van der Waals surface area contributed by atoms with Crippen LogP contribution in [0.25, 0.3) is 0 Å². The number of allylic oxidation sites excluding steroid dienone is 1. The molecule has 6 nitrogen and oxygen atoms in total. The van der Waals surface area contributed by atoms with Crippen molar-refractivity contribution in [2.45, 2.75) is 25.2 Å². The van der Waals surface area contributed by atoms with Crippen LogP contribution >= 0.6 is 11.6 Å². The number of Topliss-reactive ketones (excluding diaryl/α,β-unsaturated/α-hetero) is 1. The fraction of sp³-hybridized carbons (Fsp3) is 0.308. The van der Waals surface area contributed by atoms with Crippen LogP contribution in [0.4, 0.5) is 5.69 Å². The number of halogens is 1. The van der Waals surface area contributed by atoms with E-state index in [1.165, 1.54) is 12.0 Å². The quantitative estimate of drug-likeness (QED) is 0.596. The first kappa shape index (κ1) is 22.6. The third-order valence-electron chi connectivity index (χ3n) is 6.82. The number of nitriles is 2. The fourth-order valence-electron chi connectivity index (χ4n) is 5.30. The summed E-state index contributed by atoms with van der Waals surface area (Å²) in [6.45, 7) is 1.94. The van der Waals surface area contributed by atoms with Crippen molar-refractivity contribution in [3.05, 3.63) is 70.3 Å². The van der Waals surface area contributed by atoms with Crippen LogP contribution < -0.4 is 9.64 Å². The molecule has 0 bridgehead atoms. The highest BCUT2D eigenvalue weighted by Crippen LogP contribution is 2.64. The molecule has 2 aliphatic rings. The van der Waals surface area contributed by atoms with Crippen LogP contribution in [0.5, 0.6) is 5.75 Å². The number of carbonyl (C=O) groups is 2. The number of ketones is 1. The normalized spacial score (nSPS) is 22.5. The van der Waals surface area contributed by atoms with Crippen molar-refractivity contribution in [3.8, 4) is 17.9 Å². The predicted octanol–water partition coefficient (Wildman–Crippen LogP) is 4.84. The standard InChI is InChI=1S/C26H22ClN3O3/c1-4-6-17-13-19(23(31)16-9-11-18(33-3)12-10-16)26(25(17,14-28)15-29)22-20(27)7-5-8-21(22)30(2)24(26)32/h5,7-13,17H,4,6H2,1-3H3/t17-,26-/m0/s1. The van der Waals surface area contributed by atoms with E-state index >= 15 is 0 Å². The first-order valence-corrected chi connectivity index (χ1v) is 11.0. The highest BCUT2D eigenvalue weighted by atomic mass is 35.5. The number of carbonyl (C=O) groups excluding carboxylic acids is 2. The van der Waals surface area contributed by atoms with Crippen molar-refractivity contribution in [2.24, 2.45) is 11.3 Å². The van der Waals surface area contributed by atoms with Gasteiger partial charge >= 0.3 is 0 Å². The lowest BCUT2D eigenvalue weighted by Gasteiger charge is -2.37. The van der Waals surface area contributed by atoms with Crippen molar-refractivity contribution < 1.29 is 14.3 Å². The first-order valence-electron chi connectivity index (χ1n) is 10.6. The average Bonchev–Trinajstić information content (AvgIpc) is 3.25. The molecule has 0 aromatic heterocycles. The van der Waals surface area contributed by atoms with Crippen LogP contribution in [-0.4, -0.2) is 25.8 Å². The van der Waals surface area contributed by atoms with Gasteiger partial charge in [-0.15, -0.1) is 0 Å². The fourth-order valence-corrected chi connectivity index (χ4v) is 5.61. The molecule has 4 rings (SSSR count). The summed E-state index contributed by atoms with van der Waals surface area (Å²) in [5, 5.41) is 21.1. The summed E-state index contributed by atoms with van der Waals surface area (Å²) < 4.78 is 5.19. The van der Waals surface area contributed by atoms with Crippen LogP contribution in [0.1, 0.15) is 35.7 Å². The zero-order valence-corrected chi connectivity index (χ0v) is 19.3. The summed E-state index contributed by atoms with van der Waals surface area (Å²) in [6.07, 6.45) is 2.80. The minimum absolute atomic E-state index is 0.123. The van der Waals surface area contributed by atoms with E-state index in [-0.39, 0.29) is 10.6 Å². The predicted molar refractivity (Wildman–Crippen MR) is 124 cm³/mol. The minimum atomic E-state index is -1.82. The Morgan fingerprint density at radius 3 is 2.42 bits per heavy atom. The molecule has 0 N–H and O–H groups in total. The molecular formula is C26H22ClN3O3. The molecule has 1 amide bonds. The number of methoxy groups -OCH3 is 1. The maximum absolute atomic E-state index is 14.0. The molecule has 33 heavy (non-hydrogen) atoms. The lowest BCUT2D eigenvalue weighted by atomic mass is 9.57. The Hall–Kier alpha value is -3.61. The summed E-state index contributed by atoms with van der Waals surface area (Å²) in [4.78, 5) is 29.3. The van der Waals surface area contributed by atoms with Gasteiger partial charge in [0.05, 0.1) is 19.2 Å². The number of hydrogen-bond donors (Lipinski definition) is 0. The molecular weight excluding hydrogens is 438 g/mol. The molecule has 0 saturated carbocycles. The third-order valence-corrected chi connectivity index (χ3v) is 7.14. The molecule has 0 radical (unpaired) electrons. The molecule has 0 saturated heterocycles. The first-order chi connectivity index (χ1) is 15.8. The Bertz CT molecular complexity index is 1260. The van der Waals surface area contributed by atoms with E-state index < -0.39 is 28.4 Å². The smallest absolute Gasteiger partial charge is 0.244 e. The molecule has 2 atom stereocenters. The zero-order chi connectivity index (χ0) is 24.0. The molecule has 2 aromatic carbocycles. The maximum atomic E-state index is 14.0. The summed E-state index contributed by atoms with van der Waals surface area (Å²) in [5.41, 5.74) is -2.35. The molecule has 1 aliphatic carbocycles. The van der Waals surface area contributed by atoms with Gasteiger partial charge in [0.1, 0.15) is 11.2 Å². The van der Waals surface area contributed by atoms with Gasteiger partial charge in [0.25, 0.3) is 0 Å². The highest BCUT2D eigenvalue weighted by molar-refractivity contribution is 6.34. The van der Waals surface area contributed by atoms with Crippen LogP contribution in [0.2, 0.25) is 5.02 Å². The van der Waals surface area contributed by atoms with E-state index in [2.05, 4.69) is 12.1 Å². The second-order valence-corrected chi connectivity index (χ2v) is 8.72. The highest BCUT2D eigenvalue weighted by Gasteiger charge is 2.72. The molecule has 1 aliphatic heterocycles. The van der Waals surface area contributed by atoms with Crippen molar-refractivity contribution in [1.82, 2.24) is 0 Å². The summed E-state index contributed by atoms with van der Waals surface area (Å²) >= 11 is 6.64. The van der Waals surface area contributed by atoms with E-state index in [1.807, 2.05) is 6.92 Å². The Morgan fingerprint density at radius 1 is 1.18 bits per heavy atom. The number of amides is 1. The molecule has 1 heterocycles. The number of rotatable bonds is 5. The zero-order valence-electron chi connectivity index (χ0n) is 18.6. The SMILES string of the molecule is CCC[C@H]1C=C(C(=O)c2ccc(OC)cc2)[C@]2(C(=O)N(C)c3cccc(Cl)c32)C1(C#N)C#N. The summed E-state index contributed by atoms with van der Waals surface area (Å²) in [5.74, 6) is -0.950. The van der Waals surface area contributed by atoms with Gasteiger partial charge in [-0.2, -0.15) is 10.5 Å². The lowest BCUT2D eigenvalue weighted by molar-refractivity contribution is -0.123. The second kappa shape index (κ2) is 8.06. The van der Waals surface area contributed by atoms with E-state index in [4.69, 9.17) is 16.3 Å². The Balaban J connectivity index is 2.06. The number of ether oxygens (including phenoxy) is 1. The Labute approximate surface area is 197 Å². The molecule has 7 heteroatoms. The molecule has 1 spiro atoms. The average molecular weight is 460 g/mol. The molecule has 0 unspecified atom stereocenters. The number of fused-ring (bicyclic) bond motifs is 2. The van der Waals surface area contributed by atoms with Crippen molar-refractivity contribution in [2.75, 3.05) is 19.1 Å². The van der Waals surface area contributed by atoms with Gasteiger partial charge in [-0.25, -0.2) is 0 Å². The monoisotopic (exact) mass is 459 g/mol. The molecule has 166 valence electrons. The minimum Gasteiger partial charge on any atom is -0.497 e. The number of benzene rings is 2. The van der Waals surface area contributed by atoms with Crippen LogP contribution in [0, 0.1) is 34.0 Å². The number of nitrogens with zero attached hydrogens (tertiary/aromatic N) is 3. The largest absolute Gasteiger partial charge is 0.497 e. The molecule has 2 aromatic rings. The van der Waals surface area contributed by atoms with E-state index in [9.17, 15) is 20.1 Å². The van der Waals surface area contributed by atoms with Crippen molar-refractivity contribution in [1.29, 1.82) is 10.5 Å².